The van der Waals surface area contributed by atoms with E-state index in [1.807, 2.05) is 25.1 Å². The molecular formula is C18H23NO2. The number of aryl methyl sites for hydroxylation is 1. The molecule has 0 amide bonds. The fourth-order valence-corrected chi connectivity index (χ4v) is 2.28. The van der Waals surface area contributed by atoms with Crippen molar-refractivity contribution >= 4 is 5.69 Å². The largest absolute Gasteiger partial charge is 0.492 e. The van der Waals surface area contributed by atoms with Crippen LogP contribution in [0.1, 0.15) is 24.1 Å². The Bertz CT molecular complexity index is 554. The first kappa shape index (κ1) is 15.4. The molecule has 0 aliphatic carbocycles. The maximum atomic E-state index is 5.73. The number of methoxy groups -OCH3 is 1. The minimum Gasteiger partial charge on any atom is -0.492 e. The minimum absolute atomic E-state index is 0.0955. The molecule has 0 radical (unpaired) electrons. The summed E-state index contributed by atoms with van der Waals surface area (Å²) in [7, 11) is 1.72. The van der Waals surface area contributed by atoms with Crippen LogP contribution in [0.5, 0.6) is 5.75 Å². The minimum atomic E-state index is 0.0955. The molecule has 0 bridgehead atoms. The molecule has 2 aromatic carbocycles. The number of anilines is 1. The average molecular weight is 285 g/mol. The molecule has 1 N–H and O–H groups in total. The molecule has 0 fully saturated rings. The van der Waals surface area contributed by atoms with Crippen molar-refractivity contribution in [1.29, 1.82) is 0 Å². The maximum absolute atomic E-state index is 5.73. The van der Waals surface area contributed by atoms with Gasteiger partial charge < -0.3 is 14.8 Å². The fourth-order valence-electron chi connectivity index (χ4n) is 2.28. The average Bonchev–Trinajstić information content (AvgIpc) is 2.50. The Morgan fingerprint density at radius 2 is 1.86 bits per heavy atom. The van der Waals surface area contributed by atoms with Crippen LogP contribution in [0.15, 0.2) is 48.5 Å². The Labute approximate surface area is 126 Å². The van der Waals surface area contributed by atoms with Crippen LogP contribution in [-0.2, 0) is 4.74 Å². The summed E-state index contributed by atoms with van der Waals surface area (Å²) in [5, 5.41) is 3.53. The number of ether oxygens (including phenoxy) is 2. The maximum Gasteiger partial charge on any atom is 0.142 e. The van der Waals surface area contributed by atoms with Crippen molar-refractivity contribution in [2.45, 2.75) is 19.9 Å². The summed E-state index contributed by atoms with van der Waals surface area (Å²) in [6.45, 7) is 5.31. The van der Waals surface area contributed by atoms with E-state index in [9.17, 15) is 0 Å². The van der Waals surface area contributed by atoms with Gasteiger partial charge in [-0.2, -0.15) is 0 Å². The van der Waals surface area contributed by atoms with Crippen molar-refractivity contribution in [1.82, 2.24) is 0 Å². The molecule has 0 aromatic heterocycles. The molecule has 0 saturated heterocycles. The lowest BCUT2D eigenvalue weighted by Crippen LogP contribution is -2.16. The molecule has 1 unspecified atom stereocenters. The van der Waals surface area contributed by atoms with Gasteiger partial charge in [-0.1, -0.05) is 36.4 Å². The van der Waals surface area contributed by atoms with E-state index in [0.29, 0.717) is 13.2 Å². The number of nitrogens with one attached hydrogen (secondary N) is 1. The molecule has 0 aliphatic heterocycles. The lowest BCUT2D eigenvalue weighted by Gasteiger charge is -2.21. The van der Waals surface area contributed by atoms with Crippen LogP contribution in [0.4, 0.5) is 5.69 Å². The Balaban J connectivity index is 2.24. The lowest BCUT2D eigenvalue weighted by molar-refractivity contribution is 0.186. The molecule has 21 heavy (non-hydrogen) atoms. The Morgan fingerprint density at radius 1 is 1.10 bits per heavy atom. The molecule has 0 aliphatic rings. The molecule has 0 saturated carbocycles. The predicted octanol–water partition coefficient (Wildman–Crippen LogP) is 4.19. The highest BCUT2D eigenvalue weighted by atomic mass is 16.5. The highest BCUT2D eigenvalue weighted by Gasteiger charge is 2.13. The van der Waals surface area contributed by atoms with Crippen molar-refractivity contribution in [3.63, 3.8) is 0 Å². The van der Waals surface area contributed by atoms with Gasteiger partial charge in [0, 0.05) is 7.11 Å². The Hall–Kier alpha value is -2.00. The van der Waals surface area contributed by atoms with Crippen LogP contribution < -0.4 is 10.1 Å². The zero-order chi connectivity index (χ0) is 15.1. The number of hydrogen-bond acceptors (Lipinski definition) is 3. The zero-order valence-electron chi connectivity index (χ0n) is 12.9. The van der Waals surface area contributed by atoms with E-state index in [1.54, 1.807) is 7.11 Å². The van der Waals surface area contributed by atoms with Gasteiger partial charge >= 0.3 is 0 Å². The topological polar surface area (TPSA) is 30.5 Å². The van der Waals surface area contributed by atoms with Crippen LogP contribution in [-0.4, -0.2) is 20.3 Å². The van der Waals surface area contributed by atoms with Crippen molar-refractivity contribution in [2.75, 3.05) is 25.6 Å². The first-order chi connectivity index (χ1) is 10.2. The van der Waals surface area contributed by atoms with Crippen molar-refractivity contribution in [2.24, 2.45) is 0 Å². The summed E-state index contributed by atoms with van der Waals surface area (Å²) in [5.41, 5.74) is 3.38. The molecule has 112 valence electrons. The van der Waals surface area contributed by atoms with Gasteiger partial charge in [-0.15, -0.1) is 0 Å². The van der Waals surface area contributed by atoms with Crippen LogP contribution in [0.2, 0.25) is 0 Å². The quantitative estimate of drug-likeness (QED) is 0.827. The predicted molar refractivity (Wildman–Crippen MR) is 87.0 cm³/mol. The van der Waals surface area contributed by atoms with Crippen LogP contribution in [0.25, 0.3) is 0 Å². The number of rotatable bonds is 7. The van der Waals surface area contributed by atoms with Crippen LogP contribution in [0, 0.1) is 6.92 Å². The van der Waals surface area contributed by atoms with E-state index in [0.717, 1.165) is 11.4 Å². The van der Waals surface area contributed by atoms with Gasteiger partial charge in [-0.05, 0) is 37.1 Å². The van der Waals surface area contributed by atoms with Crippen molar-refractivity contribution in [3.8, 4) is 5.75 Å². The standard InChI is InChI=1S/C18H23NO2/c1-4-21-18-12-14(2)10-11-16(18)19-17(13-20-3)15-8-6-5-7-9-15/h5-12,17,19H,4,13H2,1-3H3. The molecule has 3 nitrogen and oxygen atoms in total. The molecule has 2 rings (SSSR count). The first-order valence-corrected chi connectivity index (χ1v) is 7.28. The highest BCUT2D eigenvalue weighted by molar-refractivity contribution is 5.59. The van der Waals surface area contributed by atoms with Crippen molar-refractivity contribution < 1.29 is 9.47 Å². The van der Waals surface area contributed by atoms with E-state index < -0.39 is 0 Å². The Kier molecular flexibility index (Phi) is 5.64. The second kappa shape index (κ2) is 7.70. The Morgan fingerprint density at radius 3 is 2.52 bits per heavy atom. The molecular weight excluding hydrogens is 262 g/mol. The fraction of sp³-hybridized carbons (Fsp3) is 0.333. The van der Waals surface area contributed by atoms with Gasteiger partial charge in [0.05, 0.1) is 24.9 Å². The second-order valence-corrected chi connectivity index (χ2v) is 5.00. The summed E-state index contributed by atoms with van der Waals surface area (Å²) in [6, 6.07) is 16.6. The first-order valence-electron chi connectivity index (χ1n) is 7.28. The van der Waals surface area contributed by atoms with E-state index in [1.165, 1.54) is 11.1 Å². The SMILES string of the molecule is CCOc1cc(C)ccc1NC(COC)c1ccccc1. The van der Waals surface area contributed by atoms with Gasteiger partial charge in [-0.3, -0.25) is 0 Å². The van der Waals surface area contributed by atoms with E-state index >= 15 is 0 Å². The summed E-state index contributed by atoms with van der Waals surface area (Å²) >= 11 is 0. The monoisotopic (exact) mass is 285 g/mol. The van der Waals surface area contributed by atoms with E-state index in [-0.39, 0.29) is 6.04 Å². The van der Waals surface area contributed by atoms with Crippen LogP contribution in [0.3, 0.4) is 0 Å². The van der Waals surface area contributed by atoms with E-state index in [4.69, 9.17) is 9.47 Å². The van der Waals surface area contributed by atoms with Gasteiger partial charge in [0.25, 0.3) is 0 Å². The normalized spacial score (nSPS) is 12.0. The molecule has 2 aromatic rings. The van der Waals surface area contributed by atoms with Gasteiger partial charge in [0.15, 0.2) is 0 Å². The molecule has 0 spiro atoms. The molecule has 0 heterocycles. The summed E-state index contributed by atoms with van der Waals surface area (Å²) in [6.07, 6.45) is 0. The zero-order valence-corrected chi connectivity index (χ0v) is 12.9. The number of hydrogen-bond donors (Lipinski definition) is 1. The number of benzene rings is 2. The summed E-state index contributed by atoms with van der Waals surface area (Å²) in [4.78, 5) is 0. The summed E-state index contributed by atoms with van der Waals surface area (Å²) in [5.74, 6) is 0.884. The smallest absolute Gasteiger partial charge is 0.142 e. The third-order valence-electron chi connectivity index (χ3n) is 3.30. The van der Waals surface area contributed by atoms with Gasteiger partial charge in [0.2, 0.25) is 0 Å². The third kappa shape index (κ3) is 4.23. The van der Waals surface area contributed by atoms with Gasteiger partial charge in [0.1, 0.15) is 5.75 Å². The molecule has 3 heteroatoms. The third-order valence-corrected chi connectivity index (χ3v) is 3.30. The lowest BCUT2D eigenvalue weighted by atomic mass is 10.1. The van der Waals surface area contributed by atoms with Gasteiger partial charge in [-0.25, -0.2) is 0 Å². The van der Waals surface area contributed by atoms with Crippen LogP contribution >= 0.6 is 0 Å². The van der Waals surface area contributed by atoms with Crippen molar-refractivity contribution in [3.05, 3.63) is 59.7 Å². The second-order valence-electron chi connectivity index (χ2n) is 5.00. The molecule has 1 atom stereocenters. The van der Waals surface area contributed by atoms with E-state index in [2.05, 4.69) is 42.6 Å². The highest BCUT2D eigenvalue weighted by Crippen LogP contribution is 2.29. The summed E-state index contributed by atoms with van der Waals surface area (Å²) < 4.78 is 11.1.